The van der Waals surface area contributed by atoms with Gasteiger partial charge in [-0.05, 0) is 31.9 Å². The summed E-state index contributed by atoms with van der Waals surface area (Å²) in [6, 6.07) is 8.13. The Hall–Kier alpha value is -2.38. The minimum atomic E-state index is 0.309. The Kier molecular flexibility index (Phi) is 4.80. The fourth-order valence-electron chi connectivity index (χ4n) is 4.14. The minimum Gasteiger partial charge on any atom is -0.497 e. The van der Waals surface area contributed by atoms with Crippen molar-refractivity contribution in [2.24, 2.45) is 5.92 Å². The molecule has 5 rings (SSSR count). The molecule has 1 aromatic carbocycles. The number of nitrogens with zero attached hydrogens (tertiary/aromatic N) is 4. The summed E-state index contributed by atoms with van der Waals surface area (Å²) in [6.45, 7) is 6.44. The summed E-state index contributed by atoms with van der Waals surface area (Å²) in [5, 5.41) is 2.16. The molecule has 3 aromatic rings. The van der Waals surface area contributed by atoms with E-state index in [0.29, 0.717) is 11.8 Å². The molecule has 29 heavy (non-hydrogen) atoms. The third-order valence-corrected chi connectivity index (χ3v) is 6.90. The molecule has 0 spiro atoms. The molecule has 0 bridgehead atoms. The van der Waals surface area contributed by atoms with Gasteiger partial charge < -0.3 is 9.64 Å². The van der Waals surface area contributed by atoms with Crippen LogP contribution in [0, 0.1) is 12.8 Å². The van der Waals surface area contributed by atoms with Crippen molar-refractivity contribution in [3.63, 3.8) is 0 Å². The van der Waals surface area contributed by atoms with Crippen LogP contribution in [0.4, 0.5) is 0 Å². The molecule has 6 nitrogen and oxygen atoms in total. The average Bonchev–Trinajstić information content (AvgIpc) is 3.46. The molecule has 2 fully saturated rings. The van der Waals surface area contributed by atoms with Crippen molar-refractivity contribution < 1.29 is 9.53 Å². The molecule has 1 saturated heterocycles. The lowest BCUT2D eigenvalue weighted by atomic mass is 10.1. The number of benzene rings is 1. The Morgan fingerprint density at radius 3 is 2.76 bits per heavy atom. The zero-order valence-electron chi connectivity index (χ0n) is 16.9. The van der Waals surface area contributed by atoms with Gasteiger partial charge in [-0.1, -0.05) is 12.1 Å². The van der Waals surface area contributed by atoms with Crippen LogP contribution in [0.2, 0.25) is 0 Å². The molecule has 0 unspecified atom stereocenters. The van der Waals surface area contributed by atoms with Crippen LogP contribution in [-0.4, -0.2) is 58.4 Å². The van der Waals surface area contributed by atoms with Crippen LogP contribution >= 0.6 is 11.3 Å². The Labute approximate surface area is 174 Å². The summed E-state index contributed by atoms with van der Waals surface area (Å²) in [5.41, 5.74) is 4.53. The normalized spacial score (nSPS) is 17.8. The Morgan fingerprint density at radius 2 is 2.03 bits per heavy atom. The molecular weight excluding hydrogens is 384 g/mol. The number of hydrogen-bond donors (Lipinski definition) is 0. The second kappa shape index (κ2) is 7.46. The van der Waals surface area contributed by atoms with Gasteiger partial charge in [0.25, 0.3) is 0 Å². The first kappa shape index (κ1) is 18.6. The number of amides is 1. The van der Waals surface area contributed by atoms with E-state index in [-0.39, 0.29) is 0 Å². The number of carbonyl (C=O) groups excluding carboxylic acids is 1. The Balaban J connectivity index is 1.41. The first-order chi connectivity index (χ1) is 14.1. The van der Waals surface area contributed by atoms with E-state index in [2.05, 4.69) is 38.6 Å². The van der Waals surface area contributed by atoms with Gasteiger partial charge in [0, 0.05) is 55.3 Å². The highest BCUT2D eigenvalue weighted by atomic mass is 32.1. The van der Waals surface area contributed by atoms with Crippen molar-refractivity contribution in [1.82, 2.24) is 19.2 Å². The van der Waals surface area contributed by atoms with Crippen LogP contribution in [0.15, 0.2) is 29.6 Å². The summed E-state index contributed by atoms with van der Waals surface area (Å²) in [5.74, 6) is 1.51. The number of carbonyl (C=O) groups is 1. The van der Waals surface area contributed by atoms with E-state index in [4.69, 9.17) is 9.72 Å². The zero-order chi connectivity index (χ0) is 20.0. The fourth-order valence-corrected chi connectivity index (χ4v) is 5.02. The van der Waals surface area contributed by atoms with Crippen molar-refractivity contribution in [2.75, 3.05) is 33.3 Å². The van der Waals surface area contributed by atoms with E-state index >= 15 is 0 Å². The summed E-state index contributed by atoms with van der Waals surface area (Å²) in [7, 11) is 1.69. The summed E-state index contributed by atoms with van der Waals surface area (Å²) >= 11 is 1.68. The van der Waals surface area contributed by atoms with Crippen molar-refractivity contribution >= 4 is 22.2 Å². The summed E-state index contributed by atoms with van der Waals surface area (Å²) in [6.07, 6.45) is 2.16. The van der Waals surface area contributed by atoms with Crippen molar-refractivity contribution in [1.29, 1.82) is 0 Å². The lowest BCUT2D eigenvalue weighted by Gasteiger charge is -2.35. The molecule has 1 aliphatic carbocycles. The van der Waals surface area contributed by atoms with Crippen molar-refractivity contribution in [2.45, 2.75) is 26.3 Å². The van der Waals surface area contributed by atoms with E-state index in [1.165, 1.54) is 11.4 Å². The van der Waals surface area contributed by atoms with Gasteiger partial charge in [-0.25, -0.2) is 4.98 Å². The van der Waals surface area contributed by atoms with Gasteiger partial charge in [-0.3, -0.25) is 14.1 Å². The van der Waals surface area contributed by atoms with Gasteiger partial charge in [0.05, 0.1) is 18.5 Å². The number of methoxy groups -OCH3 is 1. The van der Waals surface area contributed by atoms with Gasteiger partial charge in [-0.2, -0.15) is 0 Å². The topological polar surface area (TPSA) is 50.1 Å². The molecule has 0 N–H and O–H groups in total. The predicted molar refractivity (Wildman–Crippen MR) is 114 cm³/mol. The quantitative estimate of drug-likeness (QED) is 0.647. The SMILES string of the molecule is COc1cccc(-c2nc3scc(C)n3c2CN2CCN(C(=O)C3CC3)CC2)c1. The molecule has 1 saturated carbocycles. The molecule has 1 aliphatic heterocycles. The van der Waals surface area contributed by atoms with E-state index < -0.39 is 0 Å². The standard InChI is InChI=1S/C22H26N4O2S/c1-15-14-29-22-23-20(17-4-3-5-18(12-17)28-2)19(26(15)22)13-24-8-10-25(11-9-24)21(27)16-6-7-16/h3-5,12,14,16H,6-11,13H2,1-2H3. The monoisotopic (exact) mass is 410 g/mol. The van der Waals surface area contributed by atoms with Crippen LogP contribution in [-0.2, 0) is 11.3 Å². The highest BCUT2D eigenvalue weighted by Gasteiger charge is 2.34. The summed E-state index contributed by atoms with van der Waals surface area (Å²) in [4.78, 5) is 22.8. The second-order valence-electron chi connectivity index (χ2n) is 8.01. The number of rotatable bonds is 5. The fraction of sp³-hybridized carbons (Fsp3) is 0.455. The number of aryl methyl sites for hydroxylation is 1. The number of imidazole rings is 1. The molecule has 0 atom stereocenters. The maximum absolute atomic E-state index is 12.4. The van der Waals surface area contributed by atoms with Gasteiger partial charge in [0.1, 0.15) is 5.75 Å². The zero-order valence-corrected chi connectivity index (χ0v) is 17.7. The molecule has 3 heterocycles. The third kappa shape index (κ3) is 3.53. The number of hydrogen-bond acceptors (Lipinski definition) is 5. The molecule has 0 radical (unpaired) electrons. The summed E-state index contributed by atoms with van der Waals surface area (Å²) < 4.78 is 7.70. The van der Waals surface area contributed by atoms with Crippen LogP contribution in [0.5, 0.6) is 5.75 Å². The van der Waals surface area contributed by atoms with E-state index in [9.17, 15) is 4.79 Å². The lowest BCUT2D eigenvalue weighted by molar-refractivity contribution is -0.134. The molecule has 7 heteroatoms. The number of piperazine rings is 1. The van der Waals surface area contributed by atoms with Crippen LogP contribution in [0.1, 0.15) is 24.2 Å². The number of ether oxygens (including phenoxy) is 1. The predicted octanol–water partition coefficient (Wildman–Crippen LogP) is 3.43. The number of aromatic nitrogens is 2. The number of fused-ring (bicyclic) bond motifs is 1. The van der Waals surface area contributed by atoms with E-state index in [0.717, 1.165) is 67.5 Å². The van der Waals surface area contributed by atoms with Crippen LogP contribution < -0.4 is 4.74 Å². The minimum absolute atomic E-state index is 0.309. The maximum atomic E-state index is 12.4. The van der Waals surface area contributed by atoms with Crippen molar-refractivity contribution in [3.8, 4) is 17.0 Å². The molecule has 2 aliphatic rings. The van der Waals surface area contributed by atoms with Gasteiger partial charge in [0.2, 0.25) is 5.91 Å². The molecule has 2 aromatic heterocycles. The van der Waals surface area contributed by atoms with Crippen molar-refractivity contribution in [3.05, 3.63) is 41.0 Å². The van der Waals surface area contributed by atoms with Gasteiger partial charge in [-0.15, -0.1) is 11.3 Å². The first-order valence-corrected chi connectivity index (χ1v) is 11.1. The Bertz CT molecular complexity index is 1040. The molecule has 1 amide bonds. The first-order valence-electron chi connectivity index (χ1n) is 10.2. The maximum Gasteiger partial charge on any atom is 0.225 e. The molecular formula is C22H26N4O2S. The average molecular weight is 411 g/mol. The van der Waals surface area contributed by atoms with Crippen LogP contribution in [0.25, 0.3) is 16.2 Å². The van der Waals surface area contributed by atoms with Gasteiger partial charge >= 0.3 is 0 Å². The third-order valence-electron chi connectivity index (χ3n) is 5.96. The lowest BCUT2D eigenvalue weighted by Crippen LogP contribution is -2.48. The van der Waals surface area contributed by atoms with Gasteiger partial charge in [0.15, 0.2) is 4.96 Å². The van der Waals surface area contributed by atoms with E-state index in [1.54, 1.807) is 18.4 Å². The molecule has 152 valence electrons. The van der Waals surface area contributed by atoms with Crippen LogP contribution in [0.3, 0.4) is 0 Å². The van der Waals surface area contributed by atoms with E-state index in [1.807, 2.05) is 12.1 Å². The highest BCUT2D eigenvalue weighted by Crippen LogP contribution is 2.33. The number of thiazole rings is 1. The largest absolute Gasteiger partial charge is 0.497 e. The highest BCUT2D eigenvalue weighted by molar-refractivity contribution is 7.15. The Morgan fingerprint density at radius 1 is 1.24 bits per heavy atom. The second-order valence-corrected chi connectivity index (χ2v) is 8.85. The smallest absolute Gasteiger partial charge is 0.225 e.